The number of nitrogens with zero attached hydrogens (tertiary/aromatic N) is 2. The second-order valence-electron chi connectivity index (χ2n) is 8.61. The van der Waals surface area contributed by atoms with Crippen molar-refractivity contribution in [2.45, 2.75) is 6.04 Å². The summed E-state index contributed by atoms with van der Waals surface area (Å²) in [4.78, 5) is 29.9. The second kappa shape index (κ2) is 10.4. The van der Waals surface area contributed by atoms with Gasteiger partial charge in [-0.1, -0.05) is 0 Å². The van der Waals surface area contributed by atoms with Gasteiger partial charge in [0.15, 0.2) is 23.0 Å². The van der Waals surface area contributed by atoms with Crippen LogP contribution in [0.3, 0.4) is 0 Å². The molecular formula is C26H30N2O8. The van der Waals surface area contributed by atoms with Gasteiger partial charge in [-0.2, -0.15) is 0 Å². The number of ketones is 1. The smallest absolute Gasteiger partial charge is 0.295 e. The standard InChI is InChI=1S/C26H30N2O8/c1-27(2)8-9-28-22(16-13-19(32-3)25(34-5)20(14-16)33-4)21(24(30)26(28)31)23(29)15-6-7-17-18(12-15)36-11-10-35-17/h6-7,12-14,22,29H,8-11H2,1-5H3/b23-21+/t22-/m0/s1. The molecule has 0 saturated carbocycles. The third-order valence-corrected chi connectivity index (χ3v) is 6.15. The monoisotopic (exact) mass is 498 g/mol. The quantitative estimate of drug-likeness (QED) is 0.334. The fourth-order valence-electron chi connectivity index (χ4n) is 4.37. The van der Waals surface area contributed by atoms with E-state index < -0.39 is 17.7 Å². The lowest BCUT2D eigenvalue weighted by Gasteiger charge is -2.27. The number of hydrogen-bond donors (Lipinski definition) is 1. The first kappa shape index (κ1) is 25.2. The number of rotatable bonds is 8. The fourth-order valence-corrected chi connectivity index (χ4v) is 4.37. The highest BCUT2D eigenvalue weighted by Crippen LogP contribution is 2.46. The van der Waals surface area contributed by atoms with E-state index in [1.54, 1.807) is 30.3 Å². The molecule has 1 N–H and O–H groups in total. The summed E-state index contributed by atoms with van der Waals surface area (Å²) in [5.74, 6) is 0.322. The number of aliphatic hydroxyl groups excluding tert-OH is 1. The Kier molecular flexibility index (Phi) is 7.25. The lowest BCUT2D eigenvalue weighted by Crippen LogP contribution is -2.35. The molecule has 36 heavy (non-hydrogen) atoms. The molecule has 10 heteroatoms. The van der Waals surface area contributed by atoms with E-state index in [2.05, 4.69) is 0 Å². The highest BCUT2D eigenvalue weighted by Gasteiger charge is 2.46. The summed E-state index contributed by atoms with van der Waals surface area (Å²) in [5.41, 5.74) is 0.827. The maximum Gasteiger partial charge on any atom is 0.295 e. The largest absolute Gasteiger partial charge is 0.507 e. The zero-order valence-corrected chi connectivity index (χ0v) is 21.0. The number of likely N-dealkylation sites (N-methyl/N-ethyl adjacent to an activating group) is 1. The number of carbonyl (C=O) groups is 2. The van der Waals surface area contributed by atoms with Crippen molar-refractivity contribution < 1.29 is 38.4 Å². The second-order valence-corrected chi connectivity index (χ2v) is 8.61. The first-order valence-electron chi connectivity index (χ1n) is 11.4. The highest BCUT2D eigenvalue weighted by molar-refractivity contribution is 6.46. The summed E-state index contributed by atoms with van der Waals surface area (Å²) in [6.45, 7) is 1.57. The van der Waals surface area contributed by atoms with Gasteiger partial charge < -0.3 is 38.6 Å². The van der Waals surface area contributed by atoms with Gasteiger partial charge in [-0.05, 0) is 50.0 Å². The molecule has 2 heterocycles. The summed E-state index contributed by atoms with van der Waals surface area (Å²) in [5, 5.41) is 11.4. The predicted molar refractivity (Wildman–Crippen MR) is 131 cm³/mol. The normalized spacial score (nSPS) is 18.5. The van der Waals surface area contributed by atoms with E-state index in [1.807, 2.05) is 19.0 Å². The van der Waals surface area contributed by atoms with Crippen LogP contribution in [-0.4, -0.2) is 88.3 Å². The highest BCUT2D eigenvalue weighted by atomic mass is 16.6. The topological polar surface area (TPSA) is 107 Å². The van der Waals surface area contributed by atoms with Crippen LogP contribution in [-0.2, 0) is 9.59 Å². The summed E-state index contributed by atoms with van der Waals surface area (Å²) >= 11 is 0. The van der Waals surface area contributed by atoms with E-state index in [0.29, 0.717) is 59.6 Å². The maximum absolute atomic E-state index is 13.3. The molecule has 1 saturated heterocycles. The molecular weight excluding hydrogens is 468 g/mol. The van der Waals surface area contributed by atoms with Gasteiger partial charge in [0.25, 0.3) is 11.7 Å². The Labute approximate surface area is 209 Å². The molecule has 0 unspecified atom stereocenters. The number of methoxy groups -OCH3 is 3. The molecule has 10 nitrogen and oxygen atoms in total. The lowest BCUT2D eigenvalue weighted by atomic mass is 9.94. The Morgan fingerprint density at radius 2 is 1.64 bits per heavy atom. The van der Waals surface area contributed by atoms with Crippen molar-refractivity contribution >= 4 is 17.4 Å². The number of ether oxygens (including phenoxy) is 5. The molecule has 0 aromatic heterocycles. The molecule has 0 spiro atoms. The summed E-state index contributed by atoms with van der Waals surface area (Å²) in [6, 6.07) is 7.37. The molecule has 4 rings (SSSR count). The van der Waals surface area contributed by atoms with Crippen LogP contribution in [0.4, 0.5) is 0 Å². The Balaban J connectivity index is 1.90. The van der Waals surface area contributed by atoms with Crippen molar-refractivity contribution in [3.05, 3.63) is 47.0 Å². The molecule has 1 atom stereocenters. The van der Waals surface area contributed by atoms with Crippen LogP contribution >= 0.6 is 0 Å². The summed E-state index contributed by atoms with van der Waals surface area (Å²) in [7, 11) is 8.21. The number of amides is 1. The minimum absolute atomic E-state index is 0.0373. The van der Waals surface area contributed by atoms with Gasteiger partial charge in [-0.3, -0.25) is 9.59 Å². The Hall–Kier alpha value is -3.92. The van der Waals surface area contributed by atoms with Gasteiger partial charge in [0, 0.05) is 18.7 Å². The number of likely N-dealkylation sites (tertiary alicyclic amines) is 1. The van der Waals surface area contributed by atoms with Crippen LogP contribution in [0.15, 0.2) is 35.9 Å². The van der Waals surface area contributed by atoms with Crippen LogP contribution in [0, 0.1) is 0 Å². The van der Waals surface area contributed by atoms with Gasteiger partial charge in [0.1, 0.15) is 19.0 Å². The van der Waals surface area contributed by atoms with Crippen LogP contribution in [0.5, 0.6) is 28.7 Å². The van der Waals surface area contributed by atoms with Crippen LogP contribution < -0.4 is 23.7 Å². The zero-order valence-electron chi connectivity index (χ0n) is 21.0. The first-order chi connectivity index (χ1) is 17.3. The van der Waals surface area contributed by atoms with Crippen LogP contribution in [0.2, 0.25) is 0 Å². The minimum atomic E-state index is -0.883. The molecule has 2 aliphatic rings. The van der Waals surface area contributed by atoms with E-state index in [4.69, 9.17) is 23.7 Å². The fraction of sp³-hybridized carbons (Fsp3) is 0.385. The molecule has 0 radical (unpaired) electrons. The predicted octanol–water partition coefficient (Wildman–Crippen LogP) is 2.47. The minimum Gasteiger partial charge on any atom is -0.507 e. The summed E-state index contributed by atoms with van der Waals surface area (Å²) in [6.07, 6.45) is 0. The maximum atomic E-state index is 13.3. The van der Waals surface area contributed by atoms with Gasteiger partial charge in [0.2, 0.25) is 5.75 Å². The average Bonchev–Trinajstić information content (AvgIpc) is 3.15. The number of aliphatic hydroxyl groups is 1. The zero-order chi connectivity index (χ0) is 26.0. The molecule has 1 fully saturated rings. The average molecular weight is 499 g/mol. The van der Waals surface area contributed by atoms with Crippen molar-refractivity contribution in [2.24, 2.45) is 0 Å². The first-order valence-corrected chi connectivity index (χ1v) is 11.4. The van der Waals surface area contributed by atoms with Gasteiger partial charge in [0.05, 0.1) is 32.9 Å². The van der Waals surface area contributed by atoms with E-state index in [-0.39, 0.29) is 17.9 Å². The number of carbonyl (C=O) groups excluding carboxylic acids is 2. The molecule has 0 bridgehead atoms. The van der Waals surface area contributed by atoms with E-state index in [1.165, 1.54) is 26.2 Å². The van der Waals surface area contributed by atoms with Crippen molar-refractivity contribution in [2.75, 3.05) is 61.7 Å². The van der Waals surface area contributed by atoms with Crippen molar-refractivity contribution in [3.8, 4) is 28.7 Å². The third-order valence-electron chi connectivity index (χ3n) is 6.15. The van der Waals surface area contributed by atoms with Crippen molar-refractivity contribution in [1.82, 2.24) is 9.80 Å². The Morgan fingerprint density at radius 3 is 2.22 bits per heavy atom. The molecule has 1 amide bonds. The molecule has 2 aromatic carbocycles. The van der Waals surface area contributed by atoms with Gasteiger partial charge >= 0.3 is 0 Å². The third kappa shape index (κ3) is 4.51. The molecule has 2 aliphatic heterocycles. The number of Topliss-reactive ketones (excluding diaryl/α,β-unsaturated/α-hetero) is 1. The van der Waals surface area contributed by atoms with E-state index in [9.17, 15) is 14.7 Å². The number of benzene rings is 2. The van der Waals surface area contributed by atoms with Crippen molar-refractivity contribution in [1.29, 1.82) is 0 Å². The lowest BCUT2D eigenvalue weighted by molar-refractivity contribution is -0.140. The van der Waals surface area contributed by atoms with Crippen LogP contribution in [0.25, 0.3) is 5.76 Å². The van der Waals surface area contributed by atoms with Gasteiger partial charge in [-0.25, -0.2) is 0 Å². The molecule has 2 aromatic rings. The summed E-state index contributed by atoms with van der Waals surface area (Å²) < 4.78 is 27.6. The van der Waals surface area contributed by atoms with E-state index >= 15 is 0 Å². The number of fused-ring (bicyclic) bond motifs is 1. The molecule has 192 valence electrons. The van der Waals surface area contributed by atoms with Gasteiger partial charge in [-0.15, -0.1) is 0 Å². The Bertz CT molecular complexity index is 1180. The number of hydrogen-bond acceptors (Lipinski definition) is 9. The Morgan fingerprint density at radius 1 is 1.00 bits per heavy atom. The van der Waals surface area contributed by atoms with Crippen molar-refractivity contribution in [3.63, 3.8) is 0 Å². The SMILES string of the molecule is COc1cc([C@H]2/C(=C(\O)c3ccc4c(c3)OCCO4)C(=O)C(=O)N2CCN(C)C)cc(OC)c1OC. The molecule has 0 aliphatic carbocycles. The van der Waals surface area contributed by atoms with Crippen LogP contribution in [0.1, 0.15) is 17.2 Å². The van der Waals surface area contributed by atoms with E-state index in [0.717, 1.165) is 0 Å².